The summed E-state index contributed by atoms with van der Waals surface area (Å²) in [5, 5.41) is 8.55. The molecule has 1 unspecified atom stereocenters. The zero-order valence-corrected chi connectivity index (χ0v) is 29.6. The van der Waals surface area contributed by atoms with Gasteiger partial charge in [-0.25, -0.2) is 13.2 Å². The van der Waals surface area contributed by atoms with E-state index in [0.29, 0.717) is 6.61 Å². The van der Waals surface area contributed by atoms with E-state index in [1.54, 1.807) is 6.92 Å². The molecule has 0 fully saturated rings. The number of unbranched alkanes of at least 4 members (excludes halogenated alkanes) is 7. The number of carboxylic acid groups (broad SMARTS) is 1. The Morgan fingerprint density at radius 2 is 1.30 bits per heavy atom. The van der Waals surface area contributed by atoms with Crippen molar-refractivity contribution in [2.75, 3.05) is 33.0 Å². The first-order chi connectivity index (χ1) is 18.0. The standard InChI is InChI=1S/C25H45NO11S.2Na/c1-4-7-8-9-10-11-12-13-16-35-17-14-15-26(22(27)19-21(24(29)30)38(32,33)34)20(25(31)37-6-3)18-23(28)36-5-2;;/h20-21H,4-19H2,1-3H3,(H,29,30)(H,32,33,34);;/q;2*+1/p-2/t20-,21?;;/m0../s1. The van der Waals surface area contributed by atoms with Crippen molar-refractivity contribution in [3.8, 4) is 0 Å². The largest absolute Gasteiger partial charge is 1.00 e. The molecule has 0 saturated heterocycles. The molecule has 0 bridgehead atoms. The first-order valence-electron chi connectivity index (χ1n) is 13.3. The Bertz CT molecular complexity index is 828. The van der Waals surface area contributed by atoms with Crippen LogP contribution in [0.1, 0.15) is 91.4 Å². The van der Waals surface area contributed by atoms with Gasteiger partial charge in [0.05, 0.1) is 30.9 Å². The van der Waals surface area contributed by atoms with Gasteiger partial charge in [-0.05, 0) is 26.7 Å². The van der Waals surface area contributed by atoms with Gasteiger partial charge in [0.2, 0.25) is 5.91 Å². The first-order valence-corrected chi connectivity index (χ1v) is 14.8. The Hall–Kier alpha value is -0.250. The van der Waals surface area contributed by atoms with Crippen LogP contribution in [0.3, 0.4) is 0 Å². The van der Waals surface area contributed by atoms with E-state index in [-0.39, 0.29) is 91.9 Å². The number of carbonyl (C=O) groups is 4. The number of nitrogens with zero attached hydrogens (tertiary/aromatic N) is 1. The molecule has 15 heteroatoms. The Labute approximate surface area is 282 Å². The molecule has 0 spiro atoms. The smallest absolute Gasteiger partial charge is 0.747 e. The van der Waals surface area contributed by atoms with Gasteiger partial charge in [-0.1, -0.05) is 51.9 Å². The van der Waals surface area contributed by atoms with Crippen LogP contribution < -0.4 is 64.2 Å². The molecular formula is C25H43NNa2O11S. The Balaban J connectivity index is -0.00000684. The molecule has 40 heavy (non-hydrogen) atoms. The molecule has 0 radical (unpaired) electrons. The fourth-order valence-electron chi connectivity index (χ4n) is 3.75. The van der Waals surface area contributed by atoms with E-state index >= 15 is 0 Å². The molecule has 0 N–H and O–H groups in total. The number of amides is 1. The molecule has 0 heterocycles. The summed E-state index contributed by atoms with van der Waals surface area (Å²) in [7, 11) is -5.42. The molecule has 0 aromatic carbocycles. The van der Waals surface area contributed by atoms with Gasteiger partial charge in [0.25, 0.3) is 0 Å². The van der Waals surface area contributed by atoms with E-state index in [1.807, 2.05) is 0 Å². The second-order valence-electron chi connectivity index (χ2n) is 8.81. The van der Waals surface area contributed by atoms with Gasteiger partial charge in [0.15, 0.2) is 0 Å². The van der Waals surface area contributed by atoms with Gasteiger partial charge in [-0.3, -0.25) is 9.59 Å². The molecule has 0 aliphatic heterocycles. The van der Waals surface area contributed by atoms with E-state index in [9.17, 15) is 37.3 Å². The van der Waals surface area contributed by atoms with Crippen LogP contribution in [0.5, 0.6) is 0 Å². The van der Waals surface area contributed by atoms with Gasteiger partial charge in [0, 0.05) is 26.2 Å². The number of rotatable bonds is 23. The summed E-state index contributed by atoms with van der Waals surface area (Å²) in [6, 6.07) is -1.51. The Morgan fingerprint density at radius 1 is 0.775 bits per heavy atom. The van der Waals surface area contributed by atoms with Crippen molar-refractivity contribution >= 4 is 33.9 Å². The number of carbonyl (C=O) groups excluding carboxylic acids is 4. The minimum absolute atomic E-state index is 0. The van der Waals surface area contributed by atoms with Crippen molar-refractivity contribution in [3.63, 3.8) is 0 Å². The number of aliphatic carboxylic acids is 1. The van der Waals surface area contributed by atoms with E-state index in [0.717, 1.165) is 24.2 Å². The summed E-state index contributed by atoms with van der Waals surface area (Å²) in [4.78, 5) is 49.7. The molecule has 0 aliphatic carbocycles. The molecule has 2 atom stereocenters. The average molecular weight is 612 g/mol. The molecule has 0 aliphatic rings. The zero-order valence-electron chi connectivity index (χ0n) is 24.8. The predicted octanol–water partition coefficient (Wildman–Crippen LogP) is -4.69. The minimum atomic E-state index is -5.42. The molecule has 1 amide bonds. The van der Waals surface area contributed by atoms with Gasteiger partial charge < -0.3 is 33.6 Å². The Morgan fingerprint density at radius 3 is 1.80 bits per heavy atom. The number of hydrogen-bond donors (Lipinski definition) is 0. The molecule has 12 nitrogen and oxygen atoms in total. The molecule has 0 aromatic rings. The minimum Gasteiger partial charge on any atom is -0.747 e. The number of hydrogen-bond acceptors (Lipinski definition) is 11. The maximum Gasteiger partial charge on any atom is 1.00 e. The maximum atomic E-state index is 13.0. The molecule has 222 valence electrons. The average Bonchev–Trinajstić information content (AvgIpc) is 2.83. The van der Waals surface area contributed by atoms with E-state index < -0.39 is 58.1 Å². The monoisotopic (exact) mass is 611 g/mol. The van der Waals surface area contributed by atoms with E-state index in [4.69, 9.17) is 14.2 Å². The van der Waals surface area contributed by atoms with Crippen LogP contribution >= 0.6 is 0 Å². The van der Waals surface area contributed by atoms with Crippen LogP contribution in [0.2, 0.25) is 0 Å². The van der Waals surface area contributed by atoms with Crippen LogP contribution in [0.25, 0.3) is 0 Å². The van der Waals surface area contributed by atoms with Crippen LogP contribution in [0.15, 0.2) is 0 Å². The second kappa shape index (κ2) is 26.4. The van der Waals surface area contributed by atoms with Crippen molar-refractivity contribution in [3.05, 3.63) is 0 Å². The molecule has 0 rings (SSSR count). The van der Waals surface area contributed by atoms with Crippen molar-refractivity contribution in [1.82, 2.24) is 4.90 Å². The molecule has 0 saturated carbocycles. The second-order valence-corrected chi connectivity index (χ2v) is 10.4. The van der Waals surface area contributed by atoms with Gasteiger partial charge in [-0.2, -0.15) is 0 Å². The summed E-state index contributed by atoms with van der Waals surface area (Å²) in [6.45, 7) is 5.68. The van der Waals surface area contributed by atoms with Crippen molar-refractivity contribution in [1.29, 1.82) is 0 Å². The SMILES string of the molecule is CCCCCCCCCCOCCCN(C(=O)CC(C(=O)[O-])S(=O)(=O)[O-])[C@@H](CC(=O)OCC)C(=O)OCC.[Na+].[Na+]. The van der Waals surface area contributed by atoms with E-state index in [2.05, 4.69) is 6.92 Å². The van der Waals surface area contributed by atoms with Crippen molar-refractivity contribution in [2.45, 2.75) is 103 Å². The van der Waals surface area contributed by atoms with Crippen molar-refractivity contribution in [2.24, 2.45) is 0 Å². The maximum absolute atomic E-state index is 13.0. The molecule has 0 aromatic heterocycles. The van der Waals surface area contributed by atoms with E-state index in [1.165, 1.54) is 39.0 Å². The Kier molecular flexibility index (Phi) is 29.1. The number of esters is 2. The summed E-state index contributed by atoms with van der Waals surface area (Å²) < 4.78 is 49.4. The summed E-state index contributed by atoms with van der Waals surface area (Å²) in [6.07, 6.45) is 7.44. The third-order valence-corrected chi connectivity index (χ3v) is 6.78. The van der Waals surface area contributed by atoms with Gasteiger partial charge >= 0.3 is 71.1 Å². The summed E-state index contributed by atoms with van der Waals surface area (Å²) in [5.41, 5.74) is 0. The zero-order chi connectivity index (χ0) is 29.0. The fraction of sp³-hybridized carbons (Fsp3) is 0.840. The predicted molar refractivity (Wildman–Crippen MR) is 135 cm³/mol. The van der Waals surface area contributed by atoms with Crippen molar-refractivity contribution < 1.29 is 111 Å². The summed E-state index contributed by atoms with van der Waals surface area (Å²) >= 11 is 0. The molecular weight excluding hydrogens is 568 g/mol. The van der Waals surface area contributed by atoms with Crippen LogP contribution in [-0.2, 0) is 43.5 Å². The van der Waals surface area contributed by atoms with Crippen LogP contribution in [-0.4, -0.2) is 85.9 Å². The van der Waals surface area contributed by atoms with Crippen LogP contribution in [0, 0.1) is 0 Å². The third kappa shape index (κ3) is 20.6. The van der Waals surface area contributed by atoms with Gasteiger partial charge in [0.1, 0.15) is 16.2 Å². The first kappa shape index (κ1) is 44.2. The fourth-order valence-corrected chi connectivity index (χ4v) is 4.33. The number of ether oxygens (including phenoxy) is 3. The quantitative estimate of drug-likeness (QED) is 0.0469. The topological polar surface area (TPSA) is 179 Å². The normalized spacial score (nSPS) is 12.3. The summed E-state index contributed by atoms with van der Waals surface area (Å²) in [5.74, 6) is -5.14. The number of carboxylic acids is 1. The van der Waals surface area contributed by atoms with Crippen LogP contribution in [0.4, 0.5) is 0 Å². The third-order valence-electron chi connectivity index (χ3n) is 5.72. The van der Waals surface area contributed by atoms with Gasteiger partial charge in [-0.15, -0.1) is 0 Å².